The molecule has 1 fully saturated rings. The fraction of sp³-hybridized carbons (Fsp3) is 0.316. The van der Waals surface area contributed by atoms with E-state index in [0.29, 0.717) is 24.5 Å². The van der Waals surface area contributed by atoms with Crippen LogP contribution in [0.15, 0.2) is 48.5 Å². The van der Waals surface area contributed by atoms with E-state index >= 15 is 0 Å². The summed E-state index contributed by atoms with van der Waals surface area (Å²) in [5.41, 5.74) is 0.518. The second-order valence-corrected chi connectivity index (χ2v) is 6.62. The topological polar surface area (TPSA) is 48.8 Å². The number of amides is 2. The molecule has 0 spiro atoms. The molecule has 0 saturated carbocycles. The monoisotopic (exact) mass is 379 g/mol. The van der Waals surface area contributed by atoms with Crippen LogP contribution < -0.4 is 20.4 Å². The van der Waals surface area contributed by atoms with Crippen molar-refractivity contribution < 1.29 is 22.9 Å². The maximum Gasteiger partial charge on any atom is 0.416 e. The predicted octanol–water partition coefficient (Wildman–Crippen LogP) is 2.68. The average Bonchev–Trinajstić information content (AvgIpc) is 2.62. The van der Waals surface area contributed by atoms with Gasteiger partial charge in [-0.25, -0.2) is 4.79 Å². The van der Waals surface area contributed by atoms with Gasteiger partial charge >= 0.3 is 12.2 Å². The molecular weight excluding hydrogens is 357 g/mol. The van der Waals surface area contributed by atoms with Crippen molar-refractivity contribution in [1.82, 2.24) is 0 Å². The molecule has 1 saturated heterocycles. The maximum atomic E-state index is 13.1. The number of hydrogen-bond donors (Lipinski definition) is 3. The van der Waals surface area contributed by atoms with E-state index in [4.69, 9.17) is 0 Å². The van der Waals surface area contributed by atoms with E-state index in [0.717, 1.165) is 25.2 Å². The highest BCUT2D eigenvalue weighted by Crippen LogP contribution is 2.35. The summed E-state index contributed by atoms with van der Waals surface area (Å²) in [5, 5.41) is 5.21. The Bertz CT molecular complexity index is 787. The van der Waals surface area contributed by atoms with Gasteiger partial charge < -0.3 is 20.4 Å². The lowest BCUT2D eigenvalue weighted by molar-refractivity contribution is -0.880. The van der Waals surface area contributed by atoms with Crippen LogP contribution in [0, 0.1) is 0 Å². The van der Waals surface area contributed by atoms with Crippen molar-refractivity contribution in [3.63, 3.8) is 0 Å². The van der Waals surface area contributed by atoms with Gasteiger partial charge in [-0.2, -0.15) is 13.2 Å². The van der Waals surface area contributed by atoms with Crippen molar-refractivity contribution in [2.45, 2.75) is 6.18 Å². The molecule has 0 bridgehead atoms. The van der Waals surface area contributed by atoms with Crippen LogP contribution in [0.2, 0.25) is 0 Å². The Kier molecular flexibility index (Phi) is 5.55. The number of likely N-dealkylation sites (N-methyl/N-ethyl adjacent to an activating group) is 1. The Morgan fingerprint density at radius 3 is 2.33 bits per heavy atom. The Hall–Kier alpha value is -2.74. The lowest BCUT2D eigenvalue weighted by Crippen LogP contribution is -3.12. The molecule has 2 aromatic carbocycles. The van der Waals surface area contributed by atoms with Crippen molar-refractivity contribution in [3.8, 4) is 0 Å². The zero-order valence-corrected chi connectivity index (χ0v) is 14.9. The largest absolute Gasteiger partial charge is 0.416 e. The minimum atomic E-state index is -4.48. The maximum absolute atomic E-state index is 13.1. The summed E-state index contributed by atoms with van der Waals surface area (Å²) in [6, 6.07) is 11.6. The number of nitrogens with one attached hydrogen (secondary N) is 3. The molecule has 1 heterocycles. The summed E-state index contributed by atoms with van der Waals surface area (Å²) >= 11 is 0. The van der Waals surface area contributed by atoms with E-state index in [1.54, 1.807) is 24.3 Å². The van der Waals surface area contributed by atoms with Gasteiger partial charge in [0.05, 0.1) is 50.2 Å². The second kappa shape index (κ2) is 7.87. The van der Waals surface area contributed by atoms with Crippen molar-refractivity contribution in [1.29, 1.82) is 0 Å². The number of para-hydroxylation sites is 1. The fourth-order valence-corrected chi connectivity index (χ4v) is 3.02. The number of urea groups is 1. The molecule has 0 atom stereocenters. The Balaban J connectivity index is 1.84. The minimum absolute atomic E-state index is 0.151. The third-order valence-corrected chi connectivity index (χ3v) is 4.56. The summed E-state index contributed by atoms with van der Waals surface area (Å²) in [5.74, 6) is 0. The third kappa shape index (κ3) is 4.91. The molecule has 1 aliphatic heterocycles. The number of alkyl halides is 3. The van der Waals surface area contributed by atoms with Crippen molar-refractivity contribution >= 4 is 23.1 Å². The summed E-state index contributed by atoms with van der Waals surface area (Å²) in [4.78, 5) is 15.7. The lowest BCUT2D eigenvalue weighted by atomic mass is 10.1. The molecule has 8 heteroatoms. The highest BCUT2D eigenvalue weighted by molar-refractivity contribution is 6.02. The van der Waals surface area contributed by atoms with Gasteiger partial charge in [-0.05, 0) is 30.3 Å². The number of carbonyl (C=O) groups is 1. The van der Waals surface area contributed by atoms with Gasteiger partial charge in [-0.1, -0.05) is 18.2 Å². The lowest BCUT2D eigenvalue weighted by Gasteiger charge is -2.33. The van der Waals surface area contributed by atoms with Crippen LogP contribution in [0.5, 0.6) is 0 Å². The first-order chi connectivity index (χ1) is 12.8. The predicted molar refractivity (Wildman–Crippen MR) is 99.4 cm³/mol. The molecular formula is C19H22F3N4O+. The smallest absolute Gasteiger partial charge is 0.359 e. The Labute approximate surface area is 155 Å². The Morgan fingerprint density at radius 2 is 1.70 bits per heavy atom. The van der Waals surface area contributed by atoms with Crippen LogP contribution in [0.4, 0.5) is 35.0 Å². The second-order valence-electron chi connectivity index (χ2n) is 6.62. The molecule has 3 rings (SSSR count). The number of anilines is 3. The van der Waals surface area contributed by atoms with E-state index in [1.807, 2.05) is 11.0 Å². The first-order valence-corrected chi connectivity index (χ1v) is 8.73. The molecule has 0 radical (unpaired) electrons. The van der Waals surface area contributed by atoms with Gasteiger partial charge in [-0.3, -0.25) is 0 Å². The average molecular weight is 379 g/mol. The van der Waals surface area contributed by atoms with Crippen LogP contribution in [0.1, 0.15) is 5.56 Å². The van der Waals surface area contributed by atoms with Crippen molar-refractivity contribution in [3.05, 3.63) is 54.1 Å². The molecule has 2 aromatic rings. The SMILES string of the molecule is C[NH+]1CCN(c2ccc(C(F)(F)F)cc2NC(=O)Nc2ccccc2)CC1. The molecule has 5 nitrogen and oxygen atoms in total. The van der Waals surface area contributed by atoms with Crippen molar-refractivity contribution in [2.24, 2.45) is 0 Å². The van der Waals surface area contributed by atoms with Gasteiger partial charge in [0.25, 0.3) is 0 Å². The normalized spacial score (nSPS) is 15.5. The molecule has 0 unspecified atom stereocenters. The van der Waals surface area contributed by atoms with Crippen LogP contribution in [-0.2, 0) is 6.18 Å². The Morgan fingerprint density at radius 1 is 1.04 bits per heavy atom. The van der Waals surface area contributed by atoms with E-state index in [2.05, 4.69) is 17.7 Å². The molecule has 0 aromatic heterocycles. The standard InChI is InChI=1S/C19H21F3N4O/c1-25-9-11-26(12-10-25)17-8-7-14(19(20,21)22)13-16(17)24-18(27)23-15-5-3-2-4-6-15/h2-8,13H,9-12H2,1H3,(H2,23,24,27)/p+1. The quantitative estimate of drug-likeness (QED) is 0.768. The summed E-state index contributed by atoms with van der Waals surface area (Å²) in [7, 11) is 2.08. The van der Waals surface area contributed by atoms with Gasteiger partial charge in [0.15, 0.2) is 0 Å². The first kappa shape index (κ1) is 19.0. The molecule has 2 amide bonds. The number of carbonyl (C=O) groups excluding carboxylic acids is 1. The summed E-state index contributed by atoms with van der Waals surface area (Å²) in [6.07, 6.45) is -4.48. The number of hydrogen-bond acceptors (Lipinski definition) is 2. The number of benzene rings is 2. The summed E-state index contributed by atoms with van der Waals surface area (Å²) < 4.78 is 39.4. The molecule has 27 heavy (non-hydrogen) atoms. The number of nitrogens with zero attached hydrogens (tertiary/aromatic N) is 1. The van der Waals surface area contributed by atoms with Crippen LogP contribution >= 0.6 is 0 Å². The van der Waals surface area contributed by atoms with E-state index in [9.17, 15) is 18.0 Å². The van der Waals surface area contributed by atoms with E-state index in [-0.39, 0.29) is 5.69 Å². The molecule has 3 N–H and O–H groups in total. The minimum Gasteiger partial charge on any atom is -0.359 e. The number of quaternary nitrogens is 1. The summed E-state index contributed by atoms with van der Waals surface area (Å²) in [6.45, 7) is 3.20. The molecule has 1 aliphatic rings. The van der Waals surface area contributed by atoms with Gasteiger partial charge in [0.2, 0.25) is 0 Å². The van der Waals surface area contributed by atoms with Crippen molar-refractivity contribution in [2.75, 3.05) is 48.8 Å². The van der Waals surface area contributed by atoms with E-state index in [1.165, 1.54) is 11.0 Å². The highest BCUT2D eigenvalue weighted by atomic mass is 19.4. The van der Waals surface area contributed by atoms with Gasteiger partial charge in [-0.15, -0.1) is 0 Å². The fourth-order valence-electron chi connectivity index (χ4n) is 3.02. The third-order valence-electron chi connectivity index (χ3n) is 4.56. The van der Waals surface area contributed by atoms with E-state index < -0.39 is 17.8 Å². The van der Waals surface area contributed by atoms with Crippen LogP contribution in [-0.4, -0.2) is 39.3 Å². The molecule has 144 valence electrons. The number of rotatable bonds is 3. The van der Waals surface area contributed by atoms with Crippen LogP contribution in [0.25, 0.3) is 0 Å². The zero-order chi connectivity index (χ0) is 19.4. The highest BCUT2D eigenvalue weighted by Gasteiger charge is 2.32. The van der Waals surface area contributed by atoms with Gasteiger partial charge in [0.1, 0.15) is 0 Å². The zero-order valence-electron chi connectivity index (χ0n) is 14.9. The number of halogens is 3. The molecule has 0 aliphatic carbocycles. The van der Waals surface area contributed by atoms with Crippen LogP contribution in [0.3, 0.4) is 0 Å². The first-order valence-electron chi connectivity index (χ1n) is 8.73. The number of piperazine rings is 1. The van der Waals surface area contributed by atoms with Gasteiger partial charge in [0, 0.05) is 5.69 Å².